The van der Waals surface area contributed by atoms with E-state index in [1.807, 2.05) is 0 Å². The zero-order chi connectivity index (χ0) is 29.7. The Labute approximate surface area is 244 Å². The Bertz CT molecular complexity index is 1040. The number of ether oxygens (including phenoxy) is 1. The molecule has 1 aliphatic rings. The van der Waals surface area contributed by atoms with Crippen molar-refractivity contribution in [2.75, 3.05) is 6.61 Å². The summed E-state index contributed by atoms with van der Waals surface area (Å²) in [6.07, 6.45) is 5.24. The van der Waals surface area contributed by atoms with Gasteiger partial charge in [0, 0.05) is 17.0 Å². The van der Waals surface area contributed by atoms with Crippen LogP contribution in [0.5, 0.6) is 0 Å². The molecule has 1 fully saturated rings. The Kier molecular flexibility index (Phi) is 13.7. The third kappa shape index (κ3) is 8.80. The fraction of sp³-hybridized carbons (Fsp3) is 0.594. The highest BCUT2D eigenvalue weighted by molar-refractivity contribution is 7.74. The van der Waals surface area contributed by atoms with Gasteiger partial charge in [-0.15, -0.1) is 0 Å². The largest absolute Gasteiger partial charge is 0.394 e. The summed E-state index contributed by atoms with van der Waals surface area (Å²) >= 11 is 0. The van der Waals surface area contributed by atoms with Gasteiger partial charge in [0.25, 0.3) is 13.2 Å². The number of carbonyl (C=O) groups excluding carboxylic acids is 1. The smallest absolute Gasteiger partial charge is 0.261 e. The average Bonchev–Trinajstić information content (AvgIpc) is 3.00. The normalized spacial score (nSPS) is 24.8. The molecule has 8 nitrogen and oxygen atoms in total. The number of hydrogen-bond donors (Lipinski definition) is 4. The van der Waals surface area contributed by atoms with Crippen LogP contribution in [-0.4, -0.2) is 63.0 Å². The van der Waals surface area contributed by atoms with Gasteiger partial charge in [0.1, 0.15) is 24.4 Å². The van der Waals surface area contributed by atoms with Crippen LogP contribution in [0.25, 0.3) is 0 Å². The standard InChI is InChI=1S/C32H47O8P/c1-2-3-4-5-6-7-8-9-10-11-18-23-28(34)32(37)31(36)29(35)30(27(24-33)39-32)40-41(38,25-19-14-12-15-20-25)26-21-16-13-17-22-26/h12-17,19-22,27,29-31,33,35-37H,2-11,18,23-24H2,1H3/t27-,29+,30-,31-,32?/m1/s1. The number of aliphatic hydroxyl groups is 4. The van der Waals surface area contributed by atoms with E-state index in [0.717, 1.165) is 25.7 Å². The summed E-state index contributed by atoms with van der Waals surface area (Å²) in [4.78, 5) is 13.0. The molecule has 2 aromatic carbocycles. The molecule has 1 unspecified atom stereocenters. The molecule has 0 bridgehead atoms. The molecule has 0 amide bonds. The van der Waals surface area contributed by atoms with Gasteiger partial charge in [0.05, 0.1) is 6.61 Å². The maximum Gasteiger partial charge on any atom is 0.261 e. The summed E-state index contributed by atoms with van der Waals surface area (Å²) in [6, 6.07) is 16.8. The van der Waals surface area contributed by atoms with Gasteiger partial charge in [-0.05, 0) is 30.7 Å². The number of benzene rings is 2. The van der Waals surface area contributed by atoms with Crippen LogP contribution < -0.4 is 10.6 Å². The van der Waals surface area contributed by atoms with E-state index in [9.17, 15) is 29.8 Å². The fourth-order valence-electron chi connectivity index (χ4n) is 5.32. The predicted molar refractivity (Wildman–Crippen MR) is 160 cm³/mol. The molecule has 228 valence electrons. The maximum absolute atomic E-state index is 14.3. The molecule has 1 aliphatic heterocycles. The molecule has 1 saturated heterocycles. The number of unbranched alkanes of at least 4 members (excludes halogenated alkanes) is 10. The van der Waals surface area contributed by atoms with Crippen LogP contribution in [0.3, 0.4) is 0 Å². The lowest BCUT2D eigenvalue weighted by Crippen LogP contribution is -2.68. The van der Waals surface area contributed by atoms with E-state index < -0.39 is 50.0 Å². The highest BCUT2D eigenvalue weighted by Crippen LogP contribution is 2.48. The lowest BCUT2D eigenvalue weighted by atomic mass is 9.88. The van der Waals surface area contributed by atoms with Crippen LogP contribution in [0.4, 0.5) is 0 Å². The van der Waals surface area contributed by atoms with Crippen molar-refractivity contribution in [1.82, 2.24) is 0 Å². The van der Waals surface area contributed by atoms with Gasteiger partial charge in [-0.1, -0.05) is 108 Å². The summed E-state index contributed by atoms with van der Waals surface area (Å²) in [5.41, 5.74) is 0. The number of carbonyl (C=O) groups is 1. The molecule has 0 spiro atoms. The zero-order valence-electron chi connectivity index (χ0n) is 24.1. The molecular weight excluding hydrogens is 543 g/mol. The van der Waals surface area contributed by atoms with Gasteiger partial charge < -0.3 is 29.7 Å². The molecule has 0 saturated carbocycles. The van der Waals surface area contributed by atoms with E-state index in [1.54, 1.807) is 60.7 Å². The molecular formula is C32H47O8P. The minimum atomic E-state index is -3.84. The van der Waals surface area contributed by atoms with Crippen LogP contribution in [-0.2, 0) is 18.6 Å². The van der Waals surface area contributed by atoms with Gasteiger partial charge in [-0.3, -0.25) is 9.36 Å². The van der Waals surface area contributed by atoms with Crippen LogP contribution >= 0.6 is 7.37 Å². The van der Waals surface area contributed by atoms with Gasteiger partial charge in [-0.2, -0.15) is 0 Å². The molecule has 0 radical (unpaired) electrons. The number of hydrogen-bond acceptors (Lipinski definition) is 8. The first-order valence-electron chi connectivity index (χ1n) is 15.1. The van der Waals surface area contributed by atoms with Gasteiger partial charge >= 0.3 is 0 Å². The van der Waals surface area contributed by atoms with Crippen molar-refractivity contribution in [2.24, 2.45) is 0 Å². The Morgan fingerprint density at radius 3 is 1.76 bits per heavy atom. The van der Waals surface area contributed by atoms with E-state index in [0.29, 0.717) is 17.0 Å². The highest BCUT2D eigenvalue weighted by Gasteiger charge is 2.58. The molecule has 5 atom stereocenters. The van der Waals surface area contributed by atoms with E-state index in [2.05, 4.69) is 6.92 Å². The second kappa shape index (κ2) is 16.7. The minimum absolute atomic E-state index is 0.0481. The Balaban J connectivity index is 1.60. The topological polar surface area (TPSA) is 134 Å². The van der Waals surface area contributed by atoms with Gasteiger partial charge in [-0.25, -0.2) is 0 Å². The van der Waals surface area contributed by atoms with Crippen molar-refractivity contribution in [3.05, 3.63) is 60.7 Å². The summed E-state index contributed by atoms with van der Waals surface area (Å²) in [5.74, 6) is -3.49. The summed E-state index contributed by atoms with van der Waals surface area (Å²) in [6.45, 7) is 1.47. The lowest BCUT2D eigenvalue weighted by Gasteiger charge is -2.46. The zero-order valence-corrected chi connectivity index (χ0v) is 25.0. The molecule has 0 aliphatic carbocycles. The van der Waals surface area contributed by atoms with Crippen molar-refractivity contribution < 1.29 is 39.0 Å². The van der Waals surface area contributed by atoms with E-state index >= 15 is 0 Å². The highest BCUT2D eigenvalue weighted by atomic mass is 31.2. The van der Waals surface area contributed by atoms with E-state index in [4.69, 9.17) is 9.26 Å². The Hall–Kier alpha value is -1.90. The molecule has 0 aromatic heterocycles. The number of rotatable bonds is 18. The van der Waals surface area contributed by atoms with Crippen molar-refractivity contribution >= 4 is 23.8 Å². The maximum atomic E-state index is 14.3. The molecule has 1 heterocycles. The molecule has 3 rings (SSSR count). The first kappa shape index (κ1) is 33.6. The van der Waals surface area contributed by atoms with Crippen LogP contribution in [0.2, 0.25) is 0 Å². The number of ketones is 1. The second-order valence-corrected chi connectivity index (χ2v) is 13.3. The van der Waals surface area contributed by atoms with E-state index in [1.165, 1.54) is 38.5 Å². The third-order valence-electron chi connectivity index (χ3n) is 7.81. The van der Waals surface area contributed by atoms with Crippen LogP contribution in [0, 0.1) is 0 Å². The monoisotopic (exact) mass is 590 g/mol. The average molecular weight is 591 g/mol. The third-order valence-corrected chi connectivity index (χ3v) is 10.3. The Morgan fingerprint density at radius 1 is 0.829 bits per heavy atom. The summed E-state index contributed by atoms with van der Waals surface area (Å²) in [7, 11) is -3.84. The Morgan fingerprint density at radius 2 is 1.29 bits per heavy atom. The molecule has 2 aromatic rings. The lowest BCUT2D eigenvalue weighted by molar-refractivity contribution is -0.327. The van der Waals surface area contributed by atoms with E-state index in [-0.39, 0.29) is 6.42 Å². The van der Waals surface area contributed by atoms with Crippen molar-refractivity contribution in [2.45, 2.75) is 114 Å². The van der Waals surface area contributed by atoms with Crippen molar-refractivity contribution in [3.8, 4) is 0 Å². The summed E-state index contributed by atoms with van der Waals surface area (Å²) in [5, 5.41) is 43.8. The number of aliphatic hydroxyl groups excluding tert-OH is 3. The van der Waals surface area contributed by atoms with Crippen LogP contribution in [0.1, 0.15) is 84.0 Å². The van der Waals surface area contributed by atoms with Gasteiger partial charge in [0.2, 0.25) is 0 Å². The van der Waals surface area contributed by atoms with Crippen molar-refractivity contribution in [3.63, 3.8) is 0 Å². The number of Topliss-reactive ketones (excluding diaryl/α,β-unsaturated/α-hetero) is 1. The fourth-order valence-corrected chi connectivity index (χ4v) is 7.59. The minimum Gasteiger partial charge on any atom is -0.394 e. The SMILES string of the molecule is CCCCCCCCCCCCCC(=O)C1(O)O[C@H](CO)[C@@H](OP(=O)(c2ccccc2)c2ccccc2)[C@H](O)[C@H]1O. The molecule has 41 heavy (non-hydrogen) atoms. The first-order valence-corrected chi connectivity index (χ1v) is 16.7. The predicted octanol–water partition coefficient (Wildman–Crippen LogP) is 4.37. The summed E-state index contributed by atoms with van der Waals surface area (Å²) < 4.78 is 25.9. The molecule has 9 heteroatoms. The van der Waals surface area contributed by atoms with Gasteiger partial charge in [0.15, 0.2) is 5.78 Å². The quantitative estimate of drug-likeness (QED) is 0.149. The first-order chi connectivity index (χ1) is 19.8. The van der Waals surface area contributed by atoms with Crippen molar-refractivity contribution in [1.29, 1.82) is 0 Å². The second-order valence-electron chi connectivity index (χ2n) is 11.0. The van der Waals surface area contributed by atoms with Crippen LogP contribution in [0.15, 0.2) is 60.7 Å². The molecule has 4 N–H and O–H groups in total.